The molecule has 1 aromatic carbocycles. The summed E-state index contributed by atoms with van der Waals surface area (Å²) in [6.45, 7) is 3.99. The maximum atomic E-state index is 12.7. The summed E-state index contributed by atoms with van der Waals surface area (Å²) in [6.07, 6.45) is -0.691. The largest absolute Gasteiger partial charge is 0.482 e. The maximum absolute atomic E-state index is 12.7. The molecule has 118 valence electrons. The number of aliphatic carboxylic acids is 1. The second-order valence-corrected chi connectivity index (χ2v) is 5.81. The Kier molecular flexibility index (Phi) is 3.68. The van der Waals surface area contributed by atoms with Gasteiger partial charge in [-0.1, -0.05) is 12.1 Å². The van der Waals surface area contributed by atoms with Crippen LogP contribution in [-0.4, -0.2) is 46.7 Å². The molecule has 0 radical (unpaired) electrons. The van der Waals surface area contributed by atoms with Crippen LogP contribution in [0.3, 0.4) is 0 Å². The van der Waals surface area contributed by atoms with Crippen molar-refractivity contribution in [3.8, 4) is 11.5 Å². The van der Waals surface area contributed by atoms with Gasteiger partial charge < -0.3 is 19.5 Å². The number of nitrogens with zero attached hydrogens (tertiary/aromatic N) is 1. The van der Waals surface area contributed by atoms with Crippen molar-refractivity contribution in [1.29, 1.82) is 0 Å². The molecule has 3 rings (SSSR count). The van der Waals surface area contributed by atoms with Crippen LogP contribution in [0.5, 0.6) is 11.5 Å². The number of fused-ring (bicyclic) bond motifs is 1. The van der Waals surface area contributed by atoms with Crippen molar-refractivity contribution in [2.75, 3.05) is 6.54 Å². The first-order valence-electron chi connectivity index (χ1n) is 7.44. The van der Waals surface area contributed by atoms with Crippen LogP contribution in [0.4, 0.5) is 0 Å². The zero-order valence-corrected chi connectivity index (χ0v) is 12.6. The smallest absolute Gasteiger partial charge is 0.308 e. The van der Waals surface area contributed by atoms with Gasteiger partial charge in [-0.2, -0.15) is 0 Å². The normalized spacial score (nSPS) is 30.2. The molecule has 4 atom stereocenters. The summed E-state index contributed by atoms with van der Waals surface area (Å²) < 4.78 is 11.5. The van der Waals surface area contributed by atoms with Gasteiger partial charge in [0, 0.05) is 12.6 Å². The number of carbonyl (C=O) groups is 2. The van der Waals surface area contributed by atoms with Gasteiger partial charge in [0.05, 0.1) is 5.92 Å². The van der Waals surface area contributed by atoms with Crippen molar-refractivity contribution >= 4 is 11.9 Å². The quantitative estimate of drug-likeness (QED) is 0.897. The van der Waals surface area contributed by atoms with E-state index in [0.717, 1.165) is 0 Å². The van der Waals surface area contributed by atoms with Crippen molar-refractivity contribution in [2.24, 2.45) is 5.92 Å². The molecule has 2 aliphatic rings. The number of carboxylic acid groups (broad SMARTS) is 1. The molecule has 0 spiro atoms. The number of carbonyl (C=O) groups excluding carboxylic acids is 1. The maximum Gasteiger partial charge on any atom is 0.308 e. The molecule has 2 aliphatic heterocycles. The standard InChI is InChI=1S/C16H19NO5/c1-9-11(16(19)20)7-8-17(9)15(18)14-10(2)21-12-5-3-4-6-13(12)22-14/h3-6,9-11,14H,7-8H2,1-2H3,(H,19,20). The molecule has 1 saturated heterocycles. The first kappa shape index (κ1) is 14.7. The number of para-hydroxylation sites is 2. The first-order chi connectivity index (χ1) is 10.5. The third-order valence-corrected chi connectivity index (χ3v) is 4.44. The fourth-order valence-electron chi connectivity index (χ4n) is 3.14. The SMILES string of the molecule is CC1Oc2ccccc2OC1C(=O)N1CCC(C(=O)O)C1C. The van der Waals surface area contributed by atoms with Gasteiger partial charge >= 0.3 is 5.97 Å². The third-order valence-electron chi connectivity index (χ3n) is 4.44. The van der Waals surface area contributed by atoms with E-state index < -0.39 is 24.1 Å². The molecule has 1 aromatic rings. The van der Waals surface area contributed by atoms with Gasteiger partial charge in [-0.05, 0) is 32.4 Å². The van der Waals surface area contributed by atoms with Crippen molar-refractivity contribution in [3.05, 3.63) is 24.3 Å². The molecule has 6 nitrogen and oxygen atoms in total. The molecule has 1 amide bonds. The van der Waals surface area contributed by atoms with Crippen LogP contribution in [-0.2, 0) is 9.59 Å². The Morgan fingerprint density at radius 2 is 1.82 bits per heavy atom. The second kappa shape index (κ2) is 5.51. The number of rotatable bonds is 2. The zero-order chi connectivity index (χ0) is 15.9. The molecule has 2 heterocycles. The van der Waals surface area contributed by atoms with Gasteiger partial charge in [-0.25, -0.2) is 0 Å². The lowest BCUT2D eigenvalue weighted by Crippen LogP contribution is -2.52. The summed E-state index contributed by atoms with van der Waals surface area (Å²) in [5, 5.41) is 9.18. The number of hydrogen-bond acceptors (Lipinski definition) is 4. The van der Waals surface area contributed by atoms with E-state index in [1.165, 1.54) is 0 Å². The molecule has 1 fully saturated rings. The minimum absolute atomic E-state index is 0.210. The fourth-order valence-corrected chi connectivity index (χ4v) is 3.14. The van der Waals surface area contributed by atoms with Crippen LogP contribution >= 0.6 is 0 Å². The van der Waals surface area contributed by atoms with Gasteiger partial charge in [0.15, 0.2) is 11.5 Å². The van der Waals surface area contributed by atoms with Crippen LogP contribution in [0.15, 0.2) is 24.3 Å². The fraction of sp³-hybridized carbons (Fsp3) is 0.500. The van der Waals surface area contributed by atoms with Crippen LogP contribution < -0.4 is 9.47 Å². The van der Waals surface area contributed by atoms with Gasteiger partial charge in [0.1, 0.15) is 6.10 Å². The highest BCUT2D eigenvalue weighted by molar-refractivity contribution is 5.84. The van der Waals surface area contributed by atoms with Gasteiger partial charge in [-0.15, -0.1) is 0 Å². The van der Waals surface area contributed by atoms with Crippen molar-refractivity contribution < 1.29 is 24.2 Å². The van der Waals surface area contributed by atoms with E-state index in [0.29, 0.717) is 24.5 Å². The average Bonchev–Trinajstić information content (AvgIpc) is 2.87. The lowest BCUT2D eigenvalue weighted by atomic mass is 10.0. The Balaban J connectivity index is 1.77. The zero-order valence-electron chi connectivity index (χ0n) is 12.6. The number of likely N-dealkylation sites (tertiary alicyclic amines) is 1. The summed E-state index contributed by atoms with van der Waals surface area (Å²) in [4.78, 5) is 25.5. The Labute approximate surface area is 128 Å². The number of hydrogen-bond donors (Lipinski definition) is 1. The van der Waals surface area contributed by atoms with E-state index in [1.807, 2.05) is 12.1 Å². The topological polar surface area (TPSA) is 76.1 Å². The summed E-state index contributed by atoms with van der Waals surface area (Å²) in [6, 6.07) is 6.88. The van der Waals surface area contributed by atoms with Crippen molar-refractivity contribution in [1.82, 2.24) is 4.90 Å². The van der Waals surface area contributed by atoms with Crippen molar-refractivity contribution in [3.63, 3.8) is 0 Å². The molecule has 0 saturated carbocycles. The van der Waals surface area contributed by atoms with E-state index in [4.69, 9.17) is 9.47 Å². The lowest BCUT2D eigenvalue weighted by molar-refractivity contribution is -0.147. The molecule has 0 bridgehead atoms. The summed E-state index contributed by atoms with van der Waals surface area (Å²) >= 11 is 0. The highest BCUT2D eigenvalue weighted by Crippen LogP contribution is 2.35. The summed E-state index contributed by atoms with van der Waals surface area (Å²) in [5.41, 5.74) is 0. The predicted octanol–water partition coefficient (Wildman–Crippen LogP) is 1.54. The number of benzene rings is 1. The first-order valence-corrected chi connectivity index (χ1v) is 7.44. The second-order valence-electron chi connectivity index (χ2n) is 5.81. The van der Waals surface area contributed by atoms with Crippen LogP contribution in [0, 0.1) is 5.92 Å². The highest BCUT2D eigenvalue weighted by atomic mass is 16.6. The molecule has 1 N–H and O–H groups in total. The van der Waals surface area contributed by atoms with E-state index in [-0.39, 0.29) is 11.9 Å². The summed E-state index contributed by atoms with van der Waals surface area (Å²) in [5.74, 6) is -0.422. The van der Waals surface area contributed by atoms with Crippen LogP contribution in [0.25, 0.3) is 0 Å². The Morgan fingerprint density at radius 1 is 1.18 bits per heavy atom. The molecular formula is C16H19NO5. The molecule has 0 aromatic heterocycles. The minimum atomic E-state index is -0.859. The minimum Gasteiger partial charge on any atom is -0.482 e. The molecule has 22 heavy (non-hydrogen) atoms. The van der Waals surface area contributed by atoms with Crippen molar-refractivity contribution in [2.45, 2.75) is 38.5 Å². The van der Waals surface area contributed by atoms with Crippen LogP contribution in [0.2, 0.25) is 0 Å². The molecule has 4 unspecified atom stereocenters. The van der Waals surface area contributed by atoms with Gasteiger partial charge in [0.25, 0.3) is 5.91 Å². The Bertz CT molecular complexity index is 602. The highest BCUT2D eigenvalue weighted by Gasteiger charge is 2.44. The number of ether oxygens (including phenoxy) is 2. The van der Waals surface area contributed by atoms with E-state index >= 15 is 0 Å². The average molecular weight is 305 g/mol. The molecule has 0 aliphatic carbocycles. The van der Waals surface area contributed by atoms with Gasteiger partial charge in [0.2, 0.25) is 6.10 Å². The monoisotopic (exact) mass is 305 g/mol. The predicted molar refractivity (Wildman–Crippen MR) is 77.9 cm³/mol. The Hall–Kier alpha value is -2.24. The molecular weight excluding hydrogens is 286 g/mol. The van der Waals surface area contributed by atoms with E-state index in [2.05, 4.69) is 0 Å². The van der Waals surface area contributed by atoms with Gasteiger partial charge in [-0.3, -0.25) is 9.59 Å². The number of carboxylic acids is 1. The lowest BCUT2D eigenvalue weighted by Gasteiger charge is -2.34. The van der Waals surface area contributed by atoms with E-state index in [1.54, 1.807) is 30.9 Å². The summed E-state index contributed by atoms with van der Waals surface area (Å²) in [7, 11) is 0. The third kappa shape index (κ3) is 2.38. The number of amides is 1. The Morgan fingerprint density at radius 3 is 2.41 bits per heavy atom. The van der Waals surface area contributed by atoms with Crippen LogP contribution in [0.1, 0.15) is 20.3 Å². The molecule has 6 heteroatoms. The van der Waals surface area contributed by atoms with E-state index in [9.17, 15) is 14.7 Å².